The predicted octanol–water partition coefficient (Wildman–Crippen LogP) is 5.37. The SMILES string of the molecule is CCOc1ccc(-c2csc(Nc3ccccc3)n2)cc1.Cl. The Balaban J connectivity index is 0.00000176. The fourth-order valence-electron chi connectivity index (χ4n) is 2.00. The fourth-order valence-corrected chi connectivity index (χ4v) is 2.74. The molecule has 0 aliphatic carbocycles. The van der Waals surface area contributed by atoms with Crippen LogP contribution in [0, 0.1) is 0 Å². The van der Waals surface area contributed by atoms with Gasteiger partial charge in [0.15, 0.2) is 5.13 Å². The van der Waals surface area contributed by atoms with Gasteiger partial charge >= 0.3 is 0 Å². The maximum atomic E-state index is 5.45. The average molecular weight is 333 g/mol. The van der Waals surface area contributed by atoms with Crippen molar-refractivity contribution < 1.29 is 4.74 Å². The molecule has 0 bridgehead atoms. The number of para-hydroxylation sites is 1. The number of rotatable bonds is 5. The molecule has 114 valence electrons. The van der Waals surface area contributed by atoms with Crippen molar-refractivity contribution in [3.63, 3.8) is 0 Å². The molecule has 3 aromatic rings. The van der Waals surface area contributed by atoms with Crippen LogP contribution in [0.15, 0.2) is 60.0 Å². The predicted molar refractivity (Wildman–Crippen MR) is 95.7 cm³/mol. The van der Waals surface area contributed by atoms with E-state index >= 15 is 0 Å². The Morgan fingerprint density at radius 2 is 1.77 bits per heavy atom. The molecule has 3 rings (SSSR count). The summed E-state index contributed by atoms with van der Waals surface area (Å²) in [5, 5.41) is 6.26. The maximum Gasteiger partial charge on any atom is 0.187 e. The van der Waals surface area contributed by atoms with Gasteiger partial charge in [0.2, 0.25) is 0 Å². The number of benzene rings is 2. The minimum atomic E-state index is 0. The van der Waals surface area contributed by atoms with Gasteiger partial charge in [-0.1, -0.05) is 18.2 Å². The molecular formula is C17H17ClN2OS. The molecule has 0 amide bonds. The second kappa shape index (κ2) is 7.82. The number of thiazole rings is 1. The Hall–Kier alpha value is -2.04. The van der Waals surface area contributed by atoms with Gasteiger partial charge < -0.3 is 10.1 Å². The first-order valence-corrected chi connectivity index (χ1v) is 7.74. The highest BCUT2D eigenvalue weighted by Gasteiger charge is 2.05. The van der Waals surface area contributed by atoms with Crippen LogP contribution >= 0.6 is 23.7 Å². The molecule has 0 saturated carbocycles. The lowest BCUT2D eigenvalue weighted by Crippen LogP contribution is -1.91. The first-order valence-electron chi connectivity index (χ1n) is 6.86. The first-order chi connectivity index (χ1) is 10.3. The number of ether oxygens (including phenoxy) is 1. The highest BCUT2D eigenvalue weighted by molar-refractivity contribution is 7.14. The van der Waals surface area contributed by atoms with E-state index in [4.69, 9.17) is 4.74 Å². The van der Waals surface area contributed by atoms with Crippen LogP contribution < -0.4 is 10.1 Å². The third-order valence-corrected chi connectivity index (χ3v) is 3.75. The molecule has 0 fully saturated rings. The lowest BCUT2D eigenvalue weighted by molar-refractivity contribution is 0.340. The van der Waals surface area contributed by atoms with Crippen molar-refractivity contribution in [2.75, 3.05) is 11.9 Å². The highest BCUT2D eigenvalue weighted by Crippen LogP contribution is 2.28. The molecule has 0 atom stereocenters. The van der Waals surface area contributed by atoms with Gasteiger partial charge in [0.05, 0.1) is 12.3 Å². The van der Waals surface area contributed by atoms with E-state index in [9.17, 15) is 0 Å². The minimum absolute atomic E-state index is 0. The van der Waals surface area contributed by atoms with Gasteiger partial charge in [-0.3, -0.25) is 0 Å². The second-order valence-corrected chi connectivity index (χ2v) is 5.34. The van der Waals surface area contributed by atoms with E-state index in [1.165, 1.54) is 0 Å². The molecule has 2 aromatic carbocycles. The van der Waals surface area contributed by atoms with Crippen LogP contribution in [-0.4, -0.2) is 11.6 Å². The van der Waals surface area contributed by atoms with Gasteiger partial charge in [-0.2, -0.15) is 0 Å². The Bertz CT molecular complexity index is 698. The summed E-state index contributed by atoms with van der Waals surface area (Å²) in [7, 11) is 0. The van der Waals surface area contributed by atoms with Crippen molar-refractivity contribution in [2.24, 2.45) is 0 Å². The summed E-state index contributed by atoms with van der Waals surface area (Å²) in [5.41, 5.74) is 3.11. The van der Waals surface area contributed by atoms with Crippen LogP contribution in [0.4, 0.5) is 10.8 Å². The normalized spacial score (nSPS) is 9.86. The topological polar surface area (TPSA) is 34.1 Å². The van der Waals surface area contributed by atoms with Gasteiger partial charge in [-0.25, -0.2) is 4.98 Å². The monoisotopic (exact) mass is 332 g/mol. The van der Waals surface area contributed by atoms with Crippen molar-refractivity contribution >= 4 is 34.6 Å². The third kappa shape index (κ3) is 4.00. The van der Waals surface area contributed by atoms with Crippen LogP contribution in [-0.2, 0) is 0 Å². The summed E-state index contributed by atoms with van der Waals surface area (Å²) in [5.74, 6) is 0.888. The molecule has 1 heterocycles. The smallest absolute Gasteiger partial charge is 0.187 e. The van der Waals surface area contributed by atoms with E-state index in [0.717, 1.165) is 27.8 Å². The summed E-state index contributed by atoms with van der Waals surface area (Å²) in [6, 6.07) is 18.1. The lowest BCUT2D eigenvalue weighted by Gasteiger charge is -2.03. The molecule has 3 nitrogen and oxygen atoms in total. The second-order valence-electron chi connectivity index (χ2n) is 4.49. The first kappa shape index (κ1) is 16.3. The van der Waals surface area contributed by atoms with E-state index in [2.05, 4.69) is 15.7 Å². The Labute approximate surface area is 140 Å². The van der Waals surface area contributed by atoms with E-state index in [1.807, 2.05) is 61.5 Å². The zero-order chi connectivity index (χ0) is 14.5. The number of halogens is 1. The zero-order valence-corrected chi connectivity index (χ0v) is 13.8. The molecule has 1 N–H and O–H groups in total. The van der Waals surface area contributed by atoms with E-state index in [-0.39, 0.29) is 12.4 Å². The summed E-state index contributed by atoms with van der Waals surface area (Å²) >= 11 is 1.60. The maximum absolute atomic E-state index is 5.45. The Kier molecular flexibility index (Phi) is 5.81. The zero-order valence-electron chi connectivity index (χ0n) is 12.2. The molecule has 0 saturated heterocycles. The number of nitrogens with zero attached hydrogens (tertiary/aromatic N) is 1. The molecule has 1 aromatic heterocycles. The van der Waals surface area contributed by atoms with Crippen LogP contribution in [0.25, 0.3) is 11.3 Å². The Morgan fingerprint density at radius 3 is 2.45 bits per heavy atom. The van der Waals surface area contributed by atoms with Crippen LogP contribution in [0.5, 0.6) is 5.75 Å². The minimum Gasteiger partial charge on any atom is -0.494 e. The molecule has 0 radical (unpaired) electrons. The van der Waals surface area contributed by atoms with Gasteiger partial charge in [-0.05, 0) is 43.3 Å². The number of hydrogen-bond donors (Lipinski definition) is 1. The van der Waals surface area contributed by atoms with E-state index in [0.29, 0.717) is 6.61 Å². The summed E-state index contributed by atoms with van der Waals surface area (Å²) in [6.45, 7) is 2.66. The fraction of sp³-hybridized carbons (Fsp3) is 0.118. The van der Waals surface area contributed by atoms with Gasteiger partial charge in [-0.15, -0.1) is 23.7 Å². The summed E-state index contributed by atoms with van der Waals surface area (Å²) in [6.07, 6.45) is 0. The van der Waals surface area contributed by atoms with E-state index < -0.39 is 0 Å². The largest absolute Gasteiger partial charge is 0.494 e. The van der Waals surface area contributed by atoms with Gasteiger partial charge in [0, 0.05) is 16.6 Å². The van der Waals surface area contributed by atoms with Crippen molar-refractivity contribution in [3.8, 4) is 17.0 Å². The molecule has 0 aliphatic heterocycles. The summed E-state index contributed by atoms with van der Waals surface area (Å²) in [4.78, 5) is 4.62. The van der Waals surface area contributed by atoms with Crippen molar-refractivity contribution in [3.05, 3.63) is 60.0 Å². The third-order valence-electron chi connectivity index (χ3n) is 2.99. The number of nitrogens with one attached hydrogen (secondary N) is 1. The molecule has 0 unspecified atom stereocenters. The van der Waals surface area contributed by atoms with Crippen LogP contribution in [0.2, 0.25) is 0 Å². The molecular weight excluding hydrogens is 316 g/mol. The van der Waals surface area contributed by atoms with Crippen LogP contribution in [0.3, 0.4) is 0 Å². The molecule has 22 heavy (non-hydrogen) atoms. The Morgan fingerprint density at radius 1 is 1.05 bits per heavy atom. The van der Waals surface area contributed by atoms with Gasteiger partial charge in [0.25, 0.3) is 0 Å². The molecule has 0 aliphatic rings. The van der Waals surface area contributed by atoms with Crippen molar-refractivity contribution in [2.45, 2.75) is 6.92 Å². The average Bonchev–Trinajstić information content (AvgIpc) is 2.98. The van der Waals surface area contributed by atoms with Crippen LogP contribution in [0.1, 0.15) is 6.92 Å². The molecule has 0 spiro atoms. The van der Waals surface area contributed by atoms with Crippen molar-refractivity contribution in [1.82, 2.24) is 4.98 Å². The van der Waals surface area contributed by atoms with Gasteiger partial charge in [0.1, 0.15) is 5.75 Å². The quantitative estimate of drug-likeness (QED) is 0.681. The lowest BCUT2D eigenvalue weighted by atomic mass is 10.2. The number of anilines is 2. The van der Waals surface area contributed by atoms with E-state index in [1.54, 1.807) is 11.3 Å². The standard InChI is InChI=1S/C17H16N2OS.ClH/c1-2-20-15-10-8-13(9-11-15)16-12-21-17(19-16)18-14-6-4-3-5-7-14;/h3-12H,2H2,1H3,(H,18,19);1H. The molecule has 5 heteroatoms. The van der Waals surface area contributed by atoms with Crippen molar-refractivity contribution in [1.29, 1.82) is 0 Å². The highest BCUT2D eigenvalue weighted by atomic mass is 35.5. The summed E-state index contributed by atoms with van der Waals surface area (Å²) < 4.78 is 5.45. The number of aromatic nitrogens is 1. The number of hydrogen-bond acceptors (Lipinski definition) is 4.